The molecule has 0 unspecified atom stereocenters. The Morgan fingerprint density at radius 1 is 0.806 bits per heavy atom. The fourth-order valence-electron chi connectivity index (χ4n) is 4.87. The summed E-state index contributed by atoms with van der Waals surface area (Å²) in [6, 6.07) is 23.6. The zero-order valence-electron chi connectivity index (χ0n) is 19.8. The maximum Gasteiger partial charge on any atom is 0.411 e. The highest BCUT2D eigenvalue weighted by atomic mass is 19.1. The molecule has 0 spiro atoms. The van der Waals surface area contributed by atoms with Gasteiger partial charge in [0, 0.05) is 43.7 Å². The predicted octanol–water partition coefficient (Wildman–Crippen LogP) is 5.28. The molecule has 0 aliphatic carbocycles. The molecule has 2 aliphatic rings. The number of benzene rings is 3. The van der Waals surface area contributed by atoms with Gasteiger partial charge in [-0.15, -0.1) is 0 Å². The van der Waals surface area contributed by atoms with Crippen LogP contribution in [0.15, 0.2) is 78.9 Å². The van der Waals surface area contributed by atoms with Crippen molar-refractivity contribution in [2.75, 3.05) is 36.4 Å². The van der Waals surface area contributed by atoms with Gasteiger partial charge in [0.1, 0.15) is 19.0 Å². The lowest BCUT2D eigenvalue weighted by Gasteiger charge is -2.23. The molecule has 7 nitrogen and oxygen atoms in total. The Labute approximate surface area is 209 Å². The summed E-state index contributed by atoms with van der Waals surface area (Å²) in [6.07, 6.45) is -0.943. The second-order valence-corrected chi connectivity index (χ2v) is 9.22. The molecule has 5 rings (SSSR count). The smallest absolute Gasteiger partial charge is 0.411 e. The SMILES string of the molecule is O=C(Nc1ccc(N2C[C@H]3CN(C(=O)OCc4ccccc4)C[C@H]3C2)c(F)c1)OCc1ccccc1. The van der Waals surface area contributed by atoms with Gasteiger partial charge in [0.15, 0.2) is 0 Å². The minimum absolute atomic E-state index is 0.139. The van der Waals surface area contributed by atoms with Crippen molar-refractivity contribution in [3.8, 4) is 0 Å². The molecule has 0 radical (unpaired) electrons. The van der Waals surface area contributed by atoms with Crippen LogP contribution < -0.4 is 10.2 Å². The molecule has 2 amide bonds. The highest BCUT2D eigenvalue weighted by Crippen LogP contribution is 2.36. The quantitative estimate of drug-likeness (QED) is 0.510. The normalized spacial score (nSPS) is 18.6. The second kappa shape index (κ2) is 10.7. The van der Waals surface area contributed by atoms with Crippen molar-refractivity contribution in [2.24, 2.45) is 11.8 Å². The highest BCUT2D eigenvalue weighted by Gasteiger charge is 2.42. The van der Waals surface area contributed by atoms with E-state index in [2.05, 4.69) is 5.32 Å². The summed E-state index contributed by atoms with van der Waals surface area (Å²) in [6.45, 7) is 2.92. The van der Waals surface area contributed by atoms with Gasteiger partial charge < -0.3 is 19.3 Å². The Hall–Kier alpha value is -4.07. The van der Waals surface area contributed by atoms with Crippen molar-refractivity contribution >= 4 is 23.6 Å². The molecule has 0 aromatic heterocycles. The van der Waals surface area contributed by atoms with Crippen molar-refractivity contribution in [1.29, 1.82) is 0 Å². The van der Waals surface area contributed by atoms with Crippen LogP contribution >= 0.6 is 0 Å². The maximum absolute atomic E-state index is 14.9. The monoisotopic (exact) mass is 489 g/mol. The lowest BCUT2D eigenvalue weighted by molar-refractivity contribution is 0.102. The number of anilines is 2. The number of fused-ring (bicyclic) bond motifs is 1. The van der Waals surface area contributed by atoms with Crippen LogP contribution in [-0.2, 0) is 22.7 Å². The largest absolute Gasteiger partial charge is 0.445 e. The maximum atomic E-state index is 14.9. The van der Waals surface area contributed by atoms with Crippen LogP contribution in [0.5, 0.6) is 0 Å². The first-order valence-electron chi connectivity index (χ1n) is 12.0. The molecule has 36 heavy (non-hydrogen) atoms. The summed E-state index contributed by atoms with van der Waals surface area (Å²) < 4.78 is 25.6. The lowest BCUT2D eigenvalue weighted by Crippen LogP contribution is -2.33. The van der Waals surface area contributed by atoms with Crippen LogP contribution in [0, 0.1) is 17.7 Å². The third-order valence-corrected chi connectivity index (χ3v) is 6.70. The van der Waals surface area contributed by atoms with Crippen LogP contribution in [0.3, 0.4) is 0 Å². The number of halogens is 1. The molecule has 3 aromatic rings. The average molecular weight is 490 g/mol. The number of nitrogens with one attached hydrogen (secondary N) is 1. The van der Waals surface area contributed by atoms with E-state index in [4.69, 9.17) is 9.47 Å². The predicted molar refractivity (Wildman–Crippen MR) is 134 cm³/mol. The fraction of sp³-hybridized carbons (Fsp3) is 0.286. The molecule has 2 saturated heterocycles. The minimum Gasteiger partial charge on any atom is -0.445 e. The molecule has 1 N–H and O–H groups in total. The number of ether oxygens (including phenoxy) is 2. The topological polar surface area (TPSA) is 71.1 Å². The summed E-state index contributed by atoms with van der Waals surface area (Å²) in [5, 5.41) is 2.57. The highest BCUT2D eigenvalue weighted by molar-refractivity contribution is 5.85. The van der Waals surface area contributed by atoms with Gasteiger partial charge in [-0.1, -0.05) is 60.7 Å². The standard InChI is InChI=1S/C28H28FN3O4/c29-25-13-24(30-27(33)35-18-20-7-3-1-4-8-20)11-12-26(25)31-14-22-16-32(17-23(22)15-31)28(34)36-19-21-9-5-2-6-10-21/h1-13,22-23H,14-19H2,(H,30,33)/t22-,23+. The summed E-state index contributed by atoms with van der Waals surface area (Å²) >= 11 is 0. The molecule has 186 valence electrons. The van der Waals surface area contributed by atoms with Crippen LogP contribution in [0.1, 0.15) is 11.1 Å². The molecule has 2 atom stereocenters. The van der Waals surface area contributed by atoms with Crippen LogP contribution in [0.4, 0.5) is 25.4 Å². The van der Waals surface area contributed by atoms with Gasteiger partial charge >= 0.3 is 12.2 Å². The van der Waals surface area contributed by atoms with Crippen LogP contribution in [-0.4, -0.2) is 43.3 Å². The molecule has 0 saturated carbocycles. The van der Waals surface area contributed by atoms with E-state index in [9.17, 15) is 14.0 Å². The van der Waals surface area contributed by atoms with Crippen molar-refractivity contribution in [3.63, 3.8) is 0 Å². The molecule has 2 aliphatic heterocycles. The van der Waals surface area contributed by atoms with Gasteiger partial charge in [-0.25, -0.2) is 14.0 Å². The first-order chi connectivity index (χ1) is 17.5. The van der Waals surface area contributed by atoms with Gasteiger partial charge in [0.05, 0.1) is 5.69 Å². The van der Waals surface area contributed by atoms with E-state index in [0.717, 1.165) is 11.1 Å². The summed E-state index contributed by atoms with van der Waals surface area (Å²) in [7, 11) is 0. The third-order valence-electron chi connectivity index (χ3n) is 6.70. The van der Waals surface area contributed by atoms with E-state index in [1.54, 1.807) is 17.0 Å². The van der Waals surface area contributed by atoms with Crippen molar-refractivity contribution < 1.29 is 23.5 Å². The molecular formula is C28H28FN3O4. The van der Waals surface area contributed by atoms with Gasteiger partial charge in [0.2, 0.25) is 0 Å². The Morgan fingerprint density at radius 2 is 1.39 bits per heavy atom. The Kier molecular flexibility index (Phi) is 7.02. The van der Waals surface area contributed by atoms with Crippen molar-refractivity contribution in [3.05, 3.63) is 95.8 Å². The zero-order valence-corrected chi connectivity index (χ0v) is 19.8. The van der Waals surface area contributed by atoms with Gasteiger partial charge in [-0.05, 0) is 29.3 Å². The summed E-state index contributed by atoms with van der Waals surface area (Å²) in [5.74, 6) is 0.119. The number of hydrogen-bond acceptors (Lipinski definition) is 5. The van der Waals surface area contributed by atoms with E-state index < -0.39 is 11.9 Å². The minimum atomic E-state index is -0.638. The van der Waals surface area contributed by atoms with E-state index in [-0.39, 0.29) is 31.1 Å². The number of hydrogen-bond donors (Lipinski definition) is 1. The Balaban J connectivity index is 1.10. The number of carbonyl (C=O) groups excluding carboxylic acids is 2. The Bertz CT molecular complexity index is 1190. The molecule has 2 fully saturated rings. The summed E-state index contributed by atoms with van der Waals surface area (Å²) in [5.41, 5.74) is 2.65. The number of carbonyl (C=O) groups is 2. The molecular weight excluding hydrogens is 461 g/mol. The lowest BCUT2D eigenvalue weighted by atomic mass is 10.0. The molecule has 3 aromatic carbocycles. The van der Waals surface area contributed by atoms with Crippen LogP contribution in [0.2, 0.25) is 0 Å². The molecule has 2 heterocycles. The number of likely N-dealkylation sites (tertiary alicyclic amines) is 1. The second-order valence-electron chi connectivity index (χ2n) is 9.22. The van der Waals surface area contributed by atoms with Gasteiger partial charge in [-0.2, -0.15) is 0 Å². The first kappa shape index (κ1) is 23.7. The third kappa shape index (κ3) is 5.59. The van der Waals surface area contributed by atoms with E-state index >= 15 is 0 Å². The Morgan fingerprint density at radius 3 is 1.97 bits per heavy atom. The average Bonchev–Trinajstić information content (AvgIpc) is 3.47. The van der Waals surface area contributed by atoms with E-state index in [0.29, 0.717) is 37.6 Å². The first-order valence-corrected chi connectivity index (χ1v) is 12.0. The number of rotatable bonds is 6. The van der Waals surface area contributed by atoms with Crippen molar-refractivity contribution in [2.45, 2.75) is 13.2 Å². The number of amides is 2. The van der Waals surface area contributed by atoms with E-state index in [1.165, 1.54) is 6.07 Å². The summed E-state index contributed by atoms with van der Waals surface area (Å²) in [4.78, 5) is 28.3. The van der Waals surface area contributed by atoms with E-state index in [1.807, 2.05) is 65.6 Å². The van der Waals surface area contributed by atoms with Crippen LogP contribution in [0.25, 0.3) is 0 Å². The van der Waals surface area contributed by atoms with Gasteiger partial charge in [0.25, 0.3) is 0 Å². The van der Waals surface area contributed by atoms with Crippen molar-refractivity contribution in [1.82, 2.24) is 4.90 Å². The number of nitrogens with zero attached hydrogens (tertiary/aromatic N) is 2. The molecule has 8 heteroatoms. The molecule has 0 bridgehead atoms. The fourth-order valence-corrected chi connectivity index (χ4v) is 4.87. The van der Waals surface area contributed by atoms with Gasteiger partial charge in [-0.3, -0.25) is 5.32 Å². The zero-order chi connectivity index (χ0) is 24.9.